The Labute approximate surface area is 165 Å². The summed E-state index contributed by atoms with van der Waals surface area (Å²) in [4.78, 5) is 23.0. The summed E-state index contributed by atoms with van der Waals surface area (Å²) in [7, 11) is 1.76. The Morgan fingerprint density at radius 3 is 2.68 bits per heavy atom. The summed E-state index contributed by atoms with van der Waals surface area (Å²) in [5, 5.41) is 3.34. The second-order valence-electron chi connectivity index (χ2n) is 6.92. The summed E-state index contributed by atoms with van der Waals surface area (Å²) >= 11 is 0. The first-order valence-corrected chi connectivity index (χ1v) is 9.74. The van der Waals surface area contributed by atoms with Gasteiger partial charge in [-0.05, 0) is 38.8 Å². The number of hydrogen-bond acceptors (Lipinski definition) is 5. The Morgan fingerprint density at radius 1 is 1.32 bits per heavy atom. The normalized spacial score (nSPS) is 15.5. The fourth-order valence-electron chi connectivity index (χ4n) is 3.31. The number of aliphatic imine (C=N–C) groups is 1. The molecule has 1 aliphatic rings. The zero-order valence-electron chi connectivity index (χ0n) is 16.8. The molecule has 0 spiro atoms. The molecule has 0 saturated carbocycles. The van der Waals surface area contributed by atoms with E-state index in [1.807, 2.05) is 31.2 Å². The minimum absolute atomic E-state index is 0.0121. The first kappa shape index (κ1) is 19.9. The number of ether oxygens (including phenoxy) is 1. The summed E-state index contributed by atoms with van der Waals surface area (Å²) in [5.41, 5.74) is 2.98. The van der Waals surface area contributed by atoms with Gasteiger partial charge >= 0.3 is 5.97 Å². The molecule has 2 aromatic rings. The van der Waals surface area contributed by atoms with Gasteiger partial charge in [-0.3, -0.25) is 9.79 Å². The van der Waals surface area contributed by atoms with Crippen LogP contribution in [0.15, 0.2) is 39.9 Å². The number of aromatic nitrogens is 1. The van der Waals surface area contributed by atoms with Gasteiger partial charge in [-0.1, -0.05) is 17.7 Å². The Bertz CT molecular complexity index is 805. The van der Waals surface area contributed by atoms with Crippen LogP contribution in [0.1, 0.15) is 31.0 Å². The van der Waals surface area contributed by atoms with Crippen molar-refractivity contribution in [2.75, 3.05) is 26.7 Å². The molecule has 7 heteroatoms. The SMILES string of the molecule is CCOC(=O)C1CCN(C(=NC)NCc2coc(-c3ccc(C)cc3)n2)CC1. The van der Waals surface area contributed by atoms with Crippen molar-refractivity contribution in [1.82, 2.24) is 15.2 Å². The minimum atomic E-state index is -0.0867. The summed E-state index contributed by atoms with van der Waals surface area (Å²) in [6, 6.07) is 8.09. The van der Waals surface area contributed by atoms with Crippen LogP contribution in [0, 0.1) is 12.8 Å². The third kappa shape index (κ3) is 4.91. The molecule has 0 radical (unpaired) electrons. The van der Waals surface area contributed by atoms with Crippen molar-refractivity contribution in [2.45, 2.75) is 33.2 Å². The molecule has 3 rings (SSSR count). The third-order valence-electron chi connectivity index (χ3n) is 4.90. The maximum absolute atomic E-state index is 11.9. The highest BCUT2D eigenvalue weighted by Crippen LogP contribution is 2.20. The van der Waals surface area contributed by atoms with Crippen molar-refractivity contribution in [3.8, 4) is 11.5 Å². The van der Waals surface area contributed by atoms with Crippen molar-refractivity contribution >= 4 is 11.9 Å². The van der Waals surface area contributed by atoms with Crippen LogP contribution in [0.25, 0.3) is 11.5 Å². The number of oxazole rings is 1. The number of benzene rings is 1. The molecule has 0 atom stereocenters. The van der Waals surface area contributed by atoms with Crippen LogP contribution in [0.3, 0.4) is 0 Å². The van der Waals surface area contributed by atoms with Crippen molar-refractivity contribution in [2.24, 2.45) is 10.9 Å². The first-order chi connectivity index (χ1) is 13.6. The second-order valence-corrected chi connectivity index (χ2v) is 6.92. The van der Waals surface area contributed by atoms with E-state index in [9.17, 15) is 4.79 Å². The highest BCUT2D eigenvalue weighted by molar-refractivity contribution is 5.80. The van der Waals surface area contributed by atoms with E-state index in [1.54, 1.807) is 13.3 Å². The lowest BCUT2D eigenvalue weighted by molar-refractivity contribution is -0.149. The molecule has 1 saturated heterocycles. The number of carbonyl (C=O) groups is 1. The van der Waals surface area contributed by atoms with Crippen LogP contribution in [0.5, 0.6) is 0 Å². The molecule has 0 amide bonds. The lowest BCUT2D eigenvalue weighted by Crippen LogP contribution is -2.46. The molecular formula is C21H28N4O3. The average Bonchev–Trinajstić information content (AvgIpc) is 3.18. The zero-order valence-corrected chi connectivity index (χ0v) is 16.8. The van der Waals surface area contributed by atoms with E-state index in [0.717, 1.165) is 43.1 Å². The monoisotopic (exact) mass is 384 g/mol. The predicted molar refractivity (Wildman–Crippen MR) is 108 cm³/mol. The van der Waals surface area contributed by atoms with Crippen LogP contribution in [-0.2, 0) is 16.1 Å². The Balaban J connectivity index is 1.52. The number of carbonyl (C=O) groups excluding carboxylic acids is 1. The van der Waals surface area contributed by atoms with Gasteiger partial charge in [0.1, 0.15) is 6.26 Å². The molecule has 1 aromatic carbocycles. The maximum Gasteiger partial charge on any atom is 0.309 e. The Morgan fingerprint density at radius 2 is 2.04 bits per heavy atom. The van der Waals surface area contributed by atoms with E-state index >= 15 is 0 Å². The van der Waals surface area contributed by atoms with Gasteiger partial charge < -0.3 is 19.4 Å². The first-order valence-electron chi connectivity index (χ1n) is 9.74. The van der Waals surface area contributed by atoms with Gasteiger partial charge in [-0.2, -0.15) is 0 Å². The molecule has 1 fully saturated rings. The van der Waals surface area contributed by atoms with E-state index < -0.39 is 0 Å². The number of nitrogens with one attached hydrogen (secondary N) is 1. The number of guanidine groups is 1. The molecule has 28 heavy (non-hydrogen) atoms. The van der Waals surface area contributed by atoms with Gasteiger partial charge in [0, 0.05) is 25.7 Å². The van der Waals surface area contributed by atoms with E-state index in [0.29, 0.717) is 19.0 Å². The van der Waals surface area contributed by atoms with Crippen molar-refractivity contribution in [3.63, 3.8) is 0 Å². The van der Waals surface area contributed by atoms with E-state index in [1.165, 1.54) is 5.56 Å². The fraction of sp³-hybridized carbons (Fsp3) is 0.476. The van der Waals surface area contributed by atoms with Crippen LogP contribution in [-0.4, -0.2) is 48.6 Å². The molecular weight excluding hydrogens is 356 g/mol. The number of piperidine rings is 1. The average molecular weight is 384 g/mol. The maximum atomic E-state index is 11.9. The van der Waals surface area contributed by atoms with Crippen molar-refractivity contribution in [1.29, 1.82) is 0 Å². The lowest BCUT2D eigenvalue weighted by Gasteiger charge is -2.33. The summed E-state index contributed by atoms with van der Waals surface area (Å²) in [5.74, 6) is 1.32. The van der Waals surface area contributed by atoms with E-state index in [-0.39, 0.29) is 11.9 Å². The Kier molecular flexibility index (Phi) is 6.68. The molecule has 1 N–H and O–H groups in total. The quantitative estimate of drug-likeness (QED) is 0.485. The highest BCUT2D eigenvalue weighted by Gasteiger charge is 2.27. The lowest BCUT2D eigenvalue weighted by atomic mass is 9.97. The van der Waals surface area contributed by atoms with Gasteiger partial charge in [0.25, 0.3) is 0 Å². The summed E-state index contributed by atoms with van der Waals surface area (Å²) in [6.07, 6.45) is 3.23. The number of likely N-dealkylation sites (tertiary alicyclic amines) is 1. The summed E-state index contributed by atoms with van der Waals surface area (Å²) in [6.45, 7) is 6.40. The molecule has 7 nitrogen and oxygen atoms in total. The Hall–Kier alpha value is -2.83. The smallest absolute Gasteiger partial charge is 0.309 e. The standard InChI is InChI=1S/C21H28N4O3/c1-4-27-20(26)17-9-11-25(12-10-17)21(22-3)23-13-18-14-28-19(24-18)16-7-5-15(2)6-8-16/h5-8,14,17H,4,9-13H2,1-3H3,(H,22,23). The molecule has 2 heterocycles. The predicted octanol–water partition coefficient (Wildman–Crippen LogP) is 3.00. The van der Waals surface area contributed by atoms with Crippen molar-refractivity contribution in [3.05, 3.63) is 41.8 Å². The number of rotatable bonds is 5. The molecule has 0 aliphatic carbocycles. The molecule has 1 aromatic heterocycles. The largest absolute Gasteiger partial charge is 0.466 e. The second kappa shape index (κ2) is 9.39. The van der Waals surface area contributed by atoms with Gasteiger partial charge in [0.2, 0.25) is 5.89 Å². The summed E-state index contributed by atoms with van der Waals surface area (Å²) < 4.78 is 10.7. The third-order valence-corrected chi connectivity index (χ3v) is 4.90. The number of aryl methyl sites for hydroxylation is 1. The molecule has 1 aliphatic heterocycles. The van der Waals surface area contributed by atoms with Crippen LogP contribution >= 0.6 is 0 Å². The van der Waals surface area contributed by atoms with Gasteiger partial charge in [0.15, 0.2) is 5.96 Å². The van der Waals surface area contributed by atoms with Gasteiger partial charge in [0.05, 0.1) is 24.8 Å². The number of esters is 1. The van der Waals surface area contributed by atoms with Gasteiger partial charge in [-0.15, -0.1) is 0 Å². The molecule has 0 unspecified atom stereocenters. The van der Waals surface area contributed by atoms with Crippen molar-refractivity contribution < 1.29 is 13.9 Å². The number of nitrogens with zero attached hydrogens (tertiary/aromatic N) is 3. The van der Waals surface area contributed by atoms with E-state index in [4.69, 9.17) is 9.15 Å². The topological polar surface area (TPSA) is 80.0 Å². The van der Waals surface area contributed by atoms with Crippen LogP contribution in [0.2, 0.25) is 0 Å². The van der Waals surface area contributed by atoms with E-state index in [2.05, 4.69) is 27.1 Å². The number of hydrogen-bond donors (Lipinski definition) is 1. The zero-order chi connectivity index (χ0) is 19.9. The minimum Gasteiger partial charge on any atom is -0.466 e. The van der Waals surface area contributed by atoms with Crippen LogP contribution < -0.4 is 5.32 Å². The van der Waals surface area contributed by atoms with Crippen LogP contribution in [0.4, 0.5) is 0 Å². The fourth-order valence-corrected chi connectivity index (χ4v) is 3.31. The highest BCUT2D eigenvalue weighted by atomic mass is 16.5. The van der Waals surface area contributed by atoms with Gasteiger partial charge in [-0.25, -0.2) is 4.98 Å². The molecule has 0 bridgehead atoms. The molecule has 150 valence electrons.